The molecular weight excluding hydrogens is 562 g/mol. The number of carbonyl (C=O) groups is 3. The second-order valence-electron chi connectivity index (χ2n) is 10.9. The number of sulfonamides is 1. The van der Waals surface area contributed by atoms with Crippen molar-refractivity contribution < 1.29 is 22.8 Å². The molecule has 0 aliphatic carbocycles. The molecule has 0 aliphatic heterocycles. The van der Waals surface area contributed by atoms with Crippen LogP contribution in [0.15, 0.2) is 78.9 Å². The maximum atomic E-state index is 14.1. The lowest BCUT2D eigenvalue weighted by atomic mass is 10.0. The zero-order chi connectivity index (χ0) is 30.4. The van der Waals surface area contributed by atoms with Crippen molar-refractivity contribution in [2.75, 3.05) is 17.1 Å². The lowest BCUT2D eigenvalue weighted by Crippen LogP contribution is -2.56. The predicted octanol–water partition coefficient (Wildman–Crippen LogP) is 4.86. The molecule has 1 N–H and O–H groups in total. The third-order valence-corrected chi connectivity index (χ3v) is 7.80. The van der Waals surface area contributed by atoms with Gasteiger partial charge in [0.05, 0.1) is 11.9 Å². The van der Waals surface area contributed by atoms with Gasteiger partial charge in [0, 0.05) is 29.1 Å². The topological polar surface area (TPSA) is 104 Å². The highest BCUT2D eigenvalue weighted by molar-refractivity contribution is 7.92. The van der Waals surface area contributed by atoms with E-state index in [2.05, 4.69) is 5.32 Å². The van der Waals surface area contributed by atoms with E-state index in [1.807, 2.05) is 51.1 Å². The maximum Gasteiger partial charge on any atom is 0.244 e. The highest BCUT2D eigenvalue weighted by Crippen LogP contribution is 2.24. The Balaban J connectivity index is 2.10. The van der Waals surface area contributed by atoms with Crippen LogP contribution in [0.1, 0.15) is 49.2 Å². The summed E-state index contributed by atoms with van der Waals surface area (Å²) in [5, 5.41) is 3.39. The van der Waals surface area contributed by atoms with Crippen LogP contribution in [-0.2, 0) is 32.6 Å². The Bertz CT molecular complexity index is 1500. The van der Waals surface area contributed by atoms with E-state index in [9.17, 15) is 22.8 Å². The van der Waals surface area contributed by atoms with Crippen molar-refractivity contribution >= 4 is 44.9 Å². The van der Waals surface area contributed by atoms with E-state index in [4.69, 9.17) is 11.6 Å². The molecule has 3 aromatic carbocycles. The number of amides is 2. The normalized spacial score (nSPS) is 12.3. The molecule has 0 aromatic heterocycles. The van der Waals surface area contributed by atoms with Gasteiger partial charge in [0.15, 0.2) is 5.78 Å². The number of hydrogen-bond acceptors (Lipinski definition) is 5. The zero-order valence-corrected chi connectivity index (χ0v) is 25.5. The predicted molar refractivity (Wildman–Crippen MR) is 162 cm³/mol. The first kappa shape index (κ1) is 31.8. The van der Waals surface area contributed by atoms with Gasteiger partial charge < -0.3 is 10.2 Å². The molecule has 0 heterocycles. The van der Waals surface area contributed by atoms with Crippen LogP contribution in [0.5, 0.6) is 0 Å². The third kappa shape index (κ3) is 9.16. The number of nitrogens with one attached hydrogen (secondary N) is 1. The van der Waals surface area contributed by atoms with Crippen LogP contribution in [0, 0.1) is 0 Å². The summed E-state index contributed by atoms with van der Waals surface area (Å²) in [5.41, 5.74) is 1.33. The first-order chi connectivity index (χ1) is 19.2. The summed E-state index contributed by atoms with van der Waals surface area (Å²) in [6, 6.07) is 21.4. The first-order valence-electron chi connectivity index (χ1n) is 13.1. The molecule has 8 nitrogen and oxygen atoms in total. The molecule has 2 amide bonds. The summed E-state index contributed by atoms with van der Waals surface area (Å²) in [6.45, 7) is 6.30. The smallest absolute Gasteiger partial charge is 0.244 e. The number of rotatable bonds is 11. The summed E-state index contributed by atoms with van der Waals surface area (Å²) in [7, 11) is -3.96. The summed E-state index contributed by atoms with van der Waals surface area (Å²) in [6.07, 6.45) is 1.19. The second-order valence-corrected chi connectivity index (χ2v) is 13.2. The SMILES string of the molecule is CC(=O)c1cccc(N(CC(=O)N(Cc2ccccc2Cl)[C@@H](Cc2ccccc2)C(=O)NC(C)(C)C)S(C)(=O)=O)c1. The molecule has 3 rings (SSSR count). The molecule has 3 aromatic rings. The number of hydrogen-bond donors (Lipinski definition) is 1. The zero-order valence-electron chi connectivity index (χ0n) is 23.9. The van der Waals surface area contributed by atoms with Crippen molar-refractivity contribution in [3.05, 3.63) is 101 Å². The Morgan fingerprint density at radius 1 is 0.927 bits per heavy atom. The number of ketones is 1. The largest absolute Gasteiger partial charge is 0.350 e. The van der Waals surface area contributed by atoms with Crippen LogP contribution in [0.4, 0.5) is 5.69 Å². The molecule has 0 saturated carbocycles. The molecule has 0 bridgehead atoms. The van der Waals surface area contributed by atoms with Gasteiger partial charge >= 0.3 is 0 Å². The Morgan fingerprint density at radius 2 is 1.56 bits per heavy atom. The van der Waals surface area contributed by atoms with Gasteiger partial charge in [0.2, 0.25) is 21.8 Å². The standard InChI is InChI=1S/C31H36ClN3O5S/c1-22(36)24-15-11-16-26(19-24)35(41(5,39)40)21-29(37)34(20-25-14-9-10-17-27(25)32)28(30(38)33-31(2,3)4)18-23-12-7-6-8-13-23/h6-17,19,28H,18,20-21H2,1-5H3,(H,33,38)/t28-/m0/s1. The van der Waals surface area contributed by atoms with Gasteiger partial charge in [-0.05, 0) is 57.0 Å². The van der Waals surface area contributed by atoms with E-state index in [0.29, 0.717) is 16.1 Å². The van der Waals surface area contributed by atoms with Gasteiger partial charge in [-0.25, -0.2) is 8.42 Å². The third-order valence-electron chi connectivity index (χ3n) is 6.29. The number of benzene rings is 3. The van der Waals surface area contributed by atoms with Gasteiger partial charge in [-0.2, -0.15) is 0 Å². The first-order valence-corrected chi connectivity index (χ1v) is 15.4. The Labute approximate surface area is 247 Å². The van der Waals surface area contributed by atoms with E-state index in [1.54, 1.807) is 36.4 Å². The monoisotopic (exact) mass is 597 g/mol. The average molecular weight is 598 g/mol. The molecule has 0 aliphatic rings. The van der Waals surface area contributed by atoms with Gasteiger partial charge in [-0.3, -0.25) is 18.7 Å². The van der Waals surface area contributed by atoms with Crippen LogP contribution >= 0.6 is 11.6 Å². The summed E-state index contributed by atoms with van der Waals surface area (Å²) in [5.74, 6) is -1.23. The molecular formula is C31H36ClN3O5S. The molecule has 218 valence electrons. The van der Waals surface area contributed by atoms with Crippen molar-refractivity contribution in [3.8, 4) is 0 Å². The maximum absolute atomic E-state index is 14.1. The van der Waals surface area contributed by atoms with Crippen molar-refractivity contribution in [3.63, 3.8) is 0 Å². The van der Waals surface area contributed by atoms with Gasteiger partial charge in [0.25, 0.3) is 0 Å². The van der Waals surface area contributed by atoms with Crippen LogP contribution < -0.4 is 9.62 Å². The van der Waals surface area contributed by atoms with Gasteiger partial charge in [-0.15, -0.1) is 0 Å². The second kappa shape index (κ2) is 13.3. The van der Waals surface area contributed by atoms with E-state index >= 15 is 0 Å². The number of halogens is 1. The van der Waals surface area contributed by atoms with Crippen molar-refractivity contribution in [2.45, 2.75) is 52.2 Å². The molecule has 0 unspecified atom stereocenters. The van der Waals surface area contributed by atoms with Crippen molar-refractivity contribution in [1.82, 2.24) is 10.2 Å². The molecule has 10 heteroatoms. The summed E-state index contributed by atoms with van der Waals surface area (Å²) in [4.78, 5) is 41.3. The lowest BCUT2D eigenvalue weighted by Gasteiger charge is -2.35. The van der Waals surface area contributed by atoms with Gasteiger partial charge in [0.1, 0.15) is 12.6 Å². The Morgan fingerprint density at radius 3 is 2.15 bits per heavy atom. The highest BCUT2D eigenvalue weighted by atomic mass is 35.5. The molecule has 41 heavy (non-hydrogen) atoms. The minimum Gasteiger partial charge on any atom is -0.350 e. The van der Waals surface area contributed by atoms with Crippen molar-refractivity contribution in [1.29, 1.82) is 0 Å². The number of nitrogens with zero attached hydrogens (tertiary/aromatic N) is 2. The lowest BCUT2D eigenvalue weighted by molar-refractivity contribution is -0.140. The number of Topliss-reactive ketones (excluding diaryl/α,β-unsaturated/α-hetero) is 1. The van der Waals surface area contributed by atoms with Crippen LogP contribution in [-0.4, -0.2) is 55.3 Å². The molecule has 1 atom stereocenters. The van der Waals surface area contributed by atoms with E-state index in [0.717, 1.165) is 16.1 Å². The molecule has 0 spiro atoms. The summed E-state index contributed by atoms with van der Waals surface area (Å²) >= 11 is 6.47. The Hall–Kier alpha value is -3.69. The van der Waals surface area contributed by atoms with E-state index < -0.39 is 34.1 Å². The van der Waals surface area contributed by atoms with Crippen LogP contribution in [0.3, 0.4) is 0 Å². The molecule has 0 radical (unpaired) electrons. The van der Waals surface area contributed by atoms with E-state index in [1.165, 1.54) is 24.0 Å². The van der Waals surface area contributed by atoms with Gasteiger partial charge in [-0.1, -0.05) is 72.3 Å². The highest BCUT2D eigenvalue weighted by Gasteiger charge is 2.34. The quantitative estimate of drug-likeness (QED) is 0.318. The fraction of sp³-hybridized carbons (Fsp3) is 0.323. The van der Waals surface area contributed by atoms with E-state index in [-0.39, 0.29) is 30.3 Å². The molecule has 0 saturated heterocycles. The fourth-order valence-corrected chi connectivity index (χ4v) is 5.35. The van der Waals surface area contributed by atoms with Crippen LogP contribution in [0.25, 0.3) is 0 Å². The minimum absolute atomic E-state index is 0.0291. The minimum atomic E-state index is -3.96. The molecule has 0 fully saturated rings. The average Bonchev–Trinajstić information content (AvgIpc) is 2.89. The van der Waals surface area contributed by atoms with Crippen LogP contribution in [0.2, 0.25) is 5.02 Å². The van der Waals surface area contributed by atoms with Crippen molar-refractivity contribution in [2.24, 2.45) is 0 Å². The fourth-order valence-electron chi connectivity index (χ4n) is 4.31. The number of carbonyl (C=O) groups excluding carboxylic acids is 3. The Kier molecular flexibility index (Phi) is 10.3. The number of anilines is 1. The summed E-state index contributed by atoms with van der Waals surface area (Å²) < 4.78 is 26.8.